The van der Waals surface area contributed by atoms with Crippen LogP contribution < -0.4 is 5.32 Å². The van der Waals surface area contributed by atoms with Crippen LogP contribution in [0.1, 0.15) is 50.9 Å². The molecule has 0 aliphatic heterocycles. The molecule has 130 valence electrons. The molecule has 0 aliphatic carbocycles. The van der Waals surface area contributed by atoms with Crippen LogP contribution in [0.25, 0.3) is 10.2 Å². The molecule has 0 fully saturated rings. The molecule has 0 unspecified atom stereocenters. The van der Waals surface area contributed by atoms with Gasteiger partial charge in [-0.3, -0.25) is 4.79 Å². The quantitative estimate of drug-likeness (QED) is 0.785. The summed E-state index contributed by atoms with van der Waals surface area (Å²) >= 11 is 1.56. The first-order chi connectivity index (χ1) is 11.2. The van der Waals surface area contributed by atoms with Crippen LogP contribution in [0.3, 0.4) is 0 Å². The Balaban J connectivity index is 1.77. The van der Waals surface area contributed by atoms with Gasteiger partial charge in [0.05, 0.1) is 15.7 Å². The zero-order valence-corrected chi connectivity index (χ0v) is 15.4. The number of hydrogen-bond acceptors (Lipinski definition) is 5. The molecular weight excluding hydrogens is 324 g/mol. The molecule has 2 rings (SSSR count). The smallest absolute Gasteiger partial charge is 0.407 e. The Labute approximate surface area is 146 Å². The van der Waals surface area contributed by atoms with E-state index in [0.717, 1.165) is 10.2 Å². The molecule has 2 aromatic rings. The van der Waals surface area contributed by atoms with Gasteiger partial charge < -0.3 is 10.1 Å². The first-order valence-corrected chi connectivity index (χ1v) is 8.96. The summed E-state index contributed by atoms with van der Waals surface area (Å²) in [6.07, 6.45) is 0.742. The van der Waals surface area contributed by atoms with E-state index in [-0.39, 0.29) is 11.7 Å². The van der Waals surface area contributed by atoms with Crippen LogP contribution in [-0.4, -0.2) is 29.0 Å². The third-order valence-corrected chi connectivity index (χ3v) is 4.32. The first-order valence-electron chi connectivity index (χ1n) is 8.08. The minimum Gasteiger partial charge on any atom is -0.444 e. The number of Topliss-reactive ketones (excluding diaryl/α,β-unsaturated/α-hetero) is 1. The Kier molecular flexibility index (Phi) is 5.94. The van der Waals surface area contributed by atoms with Gasteiger partial charge in [-0.2, -0.15) is 0 Å². The van der Waals surface area contributed by atoms with Gasteiger partial charge in [0.15, 0.2) is 5.78 Å². The highest BCUT2D eigenvalue weighted by molar-refractivity contribution is 7.16. The van der Waals surface area contributed by atoms with Gasteiger partial charge in [0.1, 0.15) is 5.60 Å². The summed E-state index contributed by atoms with van der Waals surface area (Å²) in [7, 11) is 0. The second-order valence-electron chi connectivity index (χ2n) is 6.98. The summed E-state index contributed by atoms with van der Waals surface area (Å²) in [4.78, 5) is 28.2. The second-order valence-corrected chi connectivity index (χ2v) is 7.87. The average molecular weight is 348 g/mol. The van der Waals surface area contributed by atoms with Crippen molar-refractivity contribution in [3.63, 3.8) is 0 Å². The summed E-state index contributed by atoms with van der Waals surface area (Å²) in [6.45, 7) is 7.98. The molecule has 5 nitrogen and oxygen atoms in total. The average Bonchev–Trinajstić information content (AvgIpc) is 2.96. The lowest BCUT2D eigenvalue weighted by atomic mass is 10.00. The predicted octanol–water partition coefficient (Wildman–Crippen LogP) is 4.42. The van der Waals surface area contributed by atoms with E-state index < -0.39 is 11.7 Å². The van der Waals surface area contributed by atoms with Crippen molar-refractivity contribution in [2.24, 2.45) is 5.92 Å². The highest BCUT2D eigenvalue weighted by Crippen LogP contribution is 2.20. The topological polar surface area (TPSA) is 68.3 Å². The van der Waals surface area contributed by atoms with Gasteiger partial charge in [0, 0.05) is 18.5 Å². The third-order valence-electron chi connectivity index (χ3n) is 3.51. The maximum atomic E-state index is 12.3. The molecule has 6 heteroatoms. The van der Waals surface area contributed by atoms with Gasteiger partial charge in [0.2, 0.25) is 0 Å². The molecule has 1 heterocycles. The van der Waals surface area contributed by atoms with E-state index in [4.69, 9.17) is 4.74 Å². The van der Waals surface area contributed by atoms with Crippen LogP contribution in [-0.2, 0) is 4.74 Å². The molecule has 0 saturated carbocycles. The SMILES string of the molecule is C[C@@H](CCC(=O)c1ccc2scnc2c1)CNC(=O)OC(C)(C)C. The number of amides is 1. The van der Waals surface area contributed by atoms with Crippen LogP contribution in [0.2, 0.25) is 0 Å². The highest BCUT2D eigenvalue weighted by Gasteiger charge is 2.17. The van der Waals surface area contributed by atoms with Crippen molar-refractivity contribution in [2.45, 2.75) is 46.1 Å². The molecule has 0 bridgehead atoms. The Bertz CT molecular complexity index is 718. The predicted molar refractivity (Wildman–Crippen MR) is 96.6 cm³/mol. The van der Waals surface area contributed by atoms with Crippen molar-refractivity contribution in [2.75, 3.05) is 6.54 Å². The number of hydrogen-bond donors (Lipinski definition) is 1. The Hall–Kier alpha value is -1.95. The molecule has 0 aliphatic rings. The Morgan fingerprint density at radius 3 is 2.79 bits per heavy atom. The number of carbonyl (C=O) groups is 2. The zero-order valence-electron chi connectivity index (χ0n) is 14.6. The summed E-state index contributed by atoms with van der Waals surface area (Å²) in [6, 6.07) is 5.64. The van der Waals surface area contributed by atoms with E-state index in [0.29, 0.717) is 24.9 Å². The van der Waals surface area contributed by atoms with E-state index in [1.165, 1.54) is 0 Å². The van der Waals surface area contributed by atoms with Gasteiger partial charge in [-0.25, -0.2) is 9.78 Å². The van der Waals surface area contributed by atoms with E-state index in [2.05, 4.69) is 10.3 Å². The molecule has 1 atom stereocenters. The number of rotatable bonds is 6. The molecule has 1 aromatic carbocycles. The molecular formula is C18H24N2O3S. The number of fused-ring (bicyclic) bond motifs is 1. The van der Waals surface area contributed by atoms with Crippen molar-refractivity contribution in [1.29, 1.82) is 0 Å². The van der Waals surface area contributed by atoms with Crippen molar-refractivity contribution in [1.82, 2.24) is 10.3 Å². The normalized spacial score (nSPS) is 12.8. The fourth-order valence-corrected chi connectivity index (χ4v) is 2.89. The van der Waals surface area contributed by atoms with Crippen LogP contribution >= 0.6 is 11.3 Å². The van der Waals surface area contributed by atoms with Crippen LogP contribution in [0.5, 0.6) is 0 Å². The summed E-state index contributed by atoms with van der Waals surface area (Å²) in [5, 5.41) is 2.74. The highest BCUT2D eigenvalue weighted by atomic mass is 32.1. The van der Waals surface area contributed by atoms with Gasteiger partial charge >= 0.3 is 6.09 Å². The lowest BCUT2D eigenvalue weighted by Gasteiger charge is -2.20. The maximum Gasteiger partial charge on any atom is 0.407 e. The van der Waals surface area contributed by atoms with E-state index >= 15 is 0 Å². The first kappa shape index (κ1) is 18.4. The number of thiazole rings is 1. The molecule has 0 radical (unpaired) electrons. The van der Waals surface area contributed by atoms with E-state index in [1.54, 1.807) is 16.8 Å². The number of ether oxygens (including phenoxy) is 1. The molecule has 0 saturated heterocycles. The number of alkyl carbamates (subject to hydrolysis) is 1. The lowest BCUT2D eigenvalue weighted by molar-refractivity contribution is 0.0520. The standard InChI is InChI=1S/C18H24N2O3S/c1-12(10-19-17(22)23-18(2,3)4)5-7-15(21)13-6-8-16-14(9-13)20-11-24-16/h6,8-9,11-12H,5,7,10H2,1-4H3,(H,19,22)/t12-/m0/s1. The van der Waals surface area contributed by atoms with Crippen molar-refractivity contribution in [3.05, 3.63) is 29.3 Å². The Morgan fingerprint density at radius 2 is 2.08 bits per heavy atom. The number of nitrogens with zero attached hydrogens (tertiary/aromatic N) is 1. The number of carbonyl (C=O) groups excluding carboxylic acids is 2. The molecule has 0 spiro atoms. The van der Waals surface area contributed by atoms with Gasteiger partial charge in [-0.15, -0.1) is 11.3 Å². The number of ketones is 1. The van der Waals surface area contributed by atoms with Crippen molar-refractivity contribution >= 4 is 33.4 Å². The number of nitrogens with one attached hydrogen (secondary N) is 1. The van der Waals surface area contributed by atoms with E-state index in [9.17, 15) is 9.59 Å². The minimum absolute atomic E-state index is 0.106. The molecule has 1 aromatic heterocycles. The van der Waals surface area contributed by atoms with Gasteiger partial charge in [-0.05, 0) is 51.3 Å². The van der Waals surface area contributed by atoms with Crippen LogP contribution in [0.15, 0.2) is 23.7 Å². The number of aromatic nitrogens is 1. The van der Waals surface area contributed by atoms with Crippen molar-refractivity contribution in [3.8, 4) is 0 Å². The molecule has 24 heavy (non-hydrogen) atoms. The van der Waals surface area contributed by atoms with Crippen LogP contribution in [0.4, 0.5) is 4.79 Å². The van der Waals surface area contributed by atoms with Gasteiger partial charge in [-0.1, -0.05) is 6.92 Å². The van der Waals surface area contributed by atoms with Crippen LogP contribution in [0, 0.1) is 5.92 Å². The minimum atomic E-state index is -0.502. The second kappa shape index (κ2) is 7.75. The fourth-order valence-electron chi connectivity index (χ4n) is 2.23. The molecule has 1 amide bonds. The van der Waals surface area contributed by atoms with Crippen molar-refractivity contribution < 1.29 is 14.3 Å². The van der Waals surface area contributed by atoms with E-state index in [1.807, 2.05) is 45.9 Å². The zero-order chi connectivity index (χ0) is 17.7. The number of benzene rings is 1. The monoisotopic (exact) mass is 348 g/mol. The summed E-state index contributed by atoms with van der Waals surface area (Å²) < 4.78 is 6.28. The molecule has 1 N–H and O–H groups in total. The lowest BCUT2D eigenvalue weighted by Crippen LogP contribution is -2.34. The Morgan fingerprint density at radius 1 is 1.33 bits per heavy atom. The van der Waals surface area contributed by atoms with Gasteiger partial charge in [0.25, 0.3) is 0 Å². The third kappa shape index (κ3) is 5.60. The maximum absolute atomic E-state index is 12.3. The summed E-state index contributed by atoms with van der Waals surface area (Å²) in [5.41, 5.74) is 2.84. The summed E-state index contributed by atoms with van der Waals surface area (Å²) in [5.74, 6) is 0.304. The largest absolute Gasteiger partial charge is 0.444 e. The fraction of sp³-hybridized carbons (Fsp3) is 0.500.